The van der Waals surface area contributed by atoms with Gasteiger partial charge in [-0.3, -0.25) is 14.5 Å². The van der Waals surface area contributed by atoms with Gasteiger partial charge in [0, 0.05) is 18.3 Å². The van der Waals surface area contributed by atoms with E-state index in [-0.39, 0.29) is 17.6 Å². The molecule has 1 saturated heterocycles. The molecule has 0 bridgehead atoms. The first-order valence-electron chi connectivity index (χ1n) is 7.16. The van der Waals surface area contributed by atoms with Crippen LogP contribution in [0.1, 0.15) is 5.56 Å². The third kappa shape index (κ3) is 1.78. The van der Waals surface area contributed by atoms with Gasteiger partial charge in [0.15, 0.2) is 0 Å². The van der Waals surface area contributed by atoms with Crippen molar-refractivity contribution in [1.82, 2.24) is 0 Å². The van der Waals surface area contributed by atoms with Crippen molar-refractivity contribution in [3.8, 4) is 0 Å². The SMILES string of the molecule is CN1C(=O)C2(SCC(=O)N2c2cccc(F)c2)c2ccccc21. The molecule has 0 aliphatic carbocycles. The van der Waals surface area contributed by atoms with Crippen LogP contribution in [0.4, 0.5) is 15.8 Å². The van der Waals surface area contributed by atoms with Crippen molar-refractivity contribution >= 4 is 35.0 Å². The van der Waals surface area contributed by atoms with Crippen molar-refractivity contribution in [1.29, 1.82) is 0 Å². The number of para-hydroxylation sites is 1. The van der Waals surface area contributed by atoms with Gasteiger partial charge in [0.25, 0.3) is 5.91 Å². The number of hydrogen-bond acceptors (Lipinski definition) is 3. The van der Waals surface area contributed by atoms with E-state index in [4.69, 9.17) is 0 Å². The van der Waals surface area contributed by atoms with Crippen LogP contribution in [-0.2, 0) is 14.5 Å². The Hall–Kier alpha value is -2.34. The Morgan fingerprint density at radius 3 is 2.70 bits per heavy atom. The van der Waals surface area contributed by atoms with Crippen LogP contribution in [0.15, 0.2) is 48.5 Å². The van der Waals surface area contributed by atoms with Crippen LogP contribution < -0.4 is 9.80 Å². The second-order valence-corrected chi connectivity index (χ2v) is 6.69. The minimum atomic E-state index is -1.14. The molecule has 2 heterocycles. The number of carbonyl (C=O) groups is 2. The van der Waals surface area contributed by atoms with Gasteiger partial charge in [-0.15, -0.1) is 11.8 Å². The van der Waals surface area contributed by atoms with Crippen LogP contribution in [0.5, 0.6) is 0 Å². The number of halogens is 1. The van der Waals surface area contributed by atoms with Gasteiger partial charge in [0.2, 0.25) is 10.8 Å². The van der Waals surface area contributed by atoms with Gasteiger partial charge in [-0.2, -0.15) is 0 Å². The topological polar surface area (TPSA) is 40.6 Å². The molecule has 2 aliphatic heterocycles. The standard InChI is InChI=1S/C17H13FN2O2S/c1-19-14-8-3-2-7-13(14)17(16(19)22)20(15(21)10-23-17)12-6-4-5-11(18)9-12/h2-9H,10H2,1H3. The highest BCUT2D eigenvalue weighted by Crippen LogP contribution is 2.55. The lowest BCUT2D eigenvalue weighted by atomic mass is 10.0. The molecule has 116 valence electrons. The zero-order valence-corrected chi connectivity index (χ0v) is 13.1. The smallest absolute Gasteiger partial charge is 0.268 e. The van der Waals surface area contributed by atoms with E-state index in [9.17, 15) is 14.0 Å². The summed E-state index contributed by atoms with van der Waals surface area (Å²) < 4.78 is 13.7. The van der Waals surface area contributed by atoms with Crippen LogP contribution in [-0.4, -0.2) is 24.6 Å². The van der Waals surface area contributed by atoms with Crippen molar-refractivity contribution < 1.29 is 14.0 Å². The van der Waals surface area contributed by atoms with Crippen LogP contribution in [0.25, 0.3) is 0 Å². The van der Waals surface area contributed by atoms with Gasteiger partial charge in [-0.25, -0.2) is 4.39 Å². The predicted octanol–water partition coefficient (Wildman–Crippen LogP) is 2.73. The van der Waals surface area contributed by atoms with Crippen molar-refractivity contribution in [2.24, 2.45) is 0 Å². The zero-order valence-electron chi connectivity index (χ0n) is 12.3. The third-order valence-corrected chi connectivity index (χ3v) is 5.65. The number of likely N-dealkylation sites (N-methyl/N-ethyl adjacent to an activating group) is 1. The summed E-state index contributed by atoms with van der Waals surface area (Å²) in [5.41, 5.74) is 1.95. The largest absolute Gasteiger partial charge is 0.312 e. The summed E-state index contributed by atoms with van der Waals surface area (Å²) in [5, 5.41) is 0. The van der Waals surface area contributed by atoms with E-state index in [1.165, 1.54) is 28.8 Å². The fourth-order valence-electron chi connectivity index (χ4n) is 3.27. The highest BCUT2D eigenvalue weighted by Gasteiger charge is 2.60. The molecule has 1 atom stereocenters. The predicted molar refractivity (Wildman–Crippen MR) is 87.9 cm³/mol. The summed E-state index contributed by atoms with van der Waals surface area (Å²) >= 11 is 1.29. The number of fused-ring (bicyclic) bond motifs is 2. The molecule has 23 heavy (non-hydrogen) atoms. The highest BCUT2D eigenvalue weighted by molar-refractivity contribution is 8.02. The monoisotopic (exact) mass is 328 g/mol. The summed E-state index contributed by atoms with van der Waals surface area (Å²) in [7, 11) is 1.70. The molecule has 6 heteroatoms. The molecule has 0 radical (unpaired) electrons. The molecule has 0 aromatic heterocycles. The maximum atomic E-state index is 13.7. The average Bonchev–Trinajstić information content (AvgIpc) is 3.00. The lowest BCUT2D eigenvalue weighted by Gasteiger charge is -2.32. The summed E-state index contributed by atoms with van der Waals surface area (Å²) in [6, 6.07) is 13.2. The van der Waals surface area contributed by atoms with Gasteiger partial charge >= 0.3 is 0 Å². The van der Waals surface area contributed by atoms with Crippen molar-refractivity contribution in [3.63, 3.8) is 0 Å². The maximum Gasteiger partial charge on any atom is 0.268 e. The number of benzene rings is 2. The molecule has 1 unspecified atom stereocenters. The molecule has 2 aromatic carbocycles. The second-order valence-electron chi connectivity index (χ2n) is 5.52. The number of nitrogens with zero attached hydrogens (tertiary/aromatic N) is 2. The third-order valence-electron chi connectivity index (χ3n) is 4.26. The summed E-state index contributed by atoms with van der Waals surface area (Å²) in [4.78, 5) is 27.4. The number of hydrogen-bond donors (Lipinski definition) is 0. The van der Waals surface area contributed by atoms with E-state index in [1.54, 1.807) is 24.1 Å². The van der Waals surface area contributed by atoms with Crippen LogP contribution in [0, 0.1) is 5.82 Å². The van der Waals surface area contributed by atoms with E-state index in [1.807, 2.05) is 24.3 Å². The first-order chi connectivity index (χ1) is 11.1. The Morgan fingerprint density at radius 2 is 1.91 bits per heavy atom. The quantitative estimate of drug-likeness (QED) is 0.808. The fourth-order valence-corrected chi connectivity index (χ4v) is 4.66. The Morgan fingerprint density at radius 1 is 1.13 bits per heavy atom. The Balaban J connectivity index is 1.96. The first kappa shape index (κ1) is 14.3. The number of amides is 2. The van der Waals surface area contributed by atoms with E-state index in [2.05, 4.69) is 0 Å². The molecule has 4 rings (SSSR count). The minimum absolute atomic E-state index is 0.182. The Kier molecular flexibility index (Phi) is 2.99. The molecule has 2 aromatic rings. The Labute approximate surface area is 136 Å². The van der Waals surface area contributed by atoms with Crippen molar-refractivity contribution in [2.75, 3.05) is 22.6 Å². The number of anilines is 2. The van der Waals surface area contributed by atoms with E-state index in [0.29, 0.717) is 5.69 Å². The Bertz CT molecular complexity index is 841. The van der Waals surface area contributed by atoms with Gasteiger partial charge in [0.1, 0.15) is 5.82 Å². The summed E-state index contributed by atoms with van der Waals surface area (Å²) in [6.07, 6.45) is 0. The highest BCUT2D eigenvalue weighted by atomic mass is 32.2. The molecule has 1 spiro atoms. The molecule has 1 fully saturated rings. The average molecular weight is 328 g/mol. The summed E-state index contributed by atoms with van der Waals surface area (Å²) in [6.45, 7) is 0. The molecular weight excluding hydrogens is 315 g/mol. The van der Waals surface area contributed by atoms with Crippen LogP contribution in [0.3, 0.4) is 0 Å². The number of carbonyl (C=O) groups excluding carboxylic acids is 2. The van der Waals surface area contributed by atoms with E-state index in [0.717, 1.165) is 11.3 Å². The van der Waals surface area contributed by atoms with E-state index < -0.39 is 10.7 Å². The molecular formula is C17H13FN2O2S. The second kappa shape index (κ2) is 4.83. The van der Waals surface area contributed by atoms with Crippen molar-refractivity contribution in [3.05, 3.63) is 59.9 Å². The first-order valence-corrected chi connectivity index (χ1v) is 8.14. The minimum Gasteiger partial charge on any atom is -0.312 e. The van der Waals surface area contributed by atoms with Gasteiger partial charge in [0.05, 0.1) is 11.4 Å². The van der Waals surface area contributed by atoms with Crippen LogP contribution in [0.2, 0.25) is 0 Å². The van der Waals surface area contributed by atoms with Crippen LogP contribution >= 0.6 is 11.8 Å². The molecule has 2 amide bonds. The lowest BCUT2D eigenvalue weighted by Crippen LogP contribution is -2.49. The normalized spacial score (nSPS) is 23.0. The molecule has 0 N–H and O–H groups in total. The van der Waals surface area contributed by atoms with Gasteiger partial charge in [-0.1, -0.05) is 24.3 Å². The number of rotatable bonds is 1. The lowest BCUT2D eigenvalue weighted by molar-refractivity contribution is -0.123. The molecule has 4 nitrogen and oxygen atoms in total. The van der Waals surface area contributed by atoms with Gasteiger partial charge < -0.3 is 4.90 Å². The van der Waals surface area contributed by atoms with Crippen molar-refractivity contribution in [2.45, 2.75) is 4.87 Å². The number of thioether (sulfide) groups is 1. The molecule has 2 aliphatic rings. The zero-order chi connectivity index (χ0) is 16.2. The summed E-state index contributed by atoms with van der Waals surface area (Å²) in [5.74, 6) is -0.628. The van der Waals surface area contributed by atoms with E-state index >= 15 is 0 Å². The molecule has 0 saturated carbocycles. The maximum absolute atomic E-state index is 13.7. The van der Waals surface area contributed by atoms with Gasteiger partial charge in [-0.05, 0) is 24.3 Å². The fraction of sp³-hybridized carbons (Fsp3) is 0.176.